The van der Waals surface area contributed by atoms with Gasteiger partial charge in [0.15, 0.2) is 0 Å². The average molecular weight is 561 g/mol. The van der Waals surface area contributed by atoms with Crippen LogP contribution in [0.25, 0.3) is 0 Å². The van der Waals surface area contributed by atoms with Gasteiger partial charge in [-0.25, -0.2) is 9.18 Å². The summed E-state index contributed by atoms with van der Waals surface area (Å²) in [5.74, 6) is -0.178. The minimum Gasteiger partial charge on any atom is -0.444 e. The standard InChI is InChI=1S/C29H38ClFN4O4/c1-18-14-33(22(13-30)15-34(18)27(38)39-28(2,3)4)16-24(36)35-17-29(5,6)25-23(35)12-20(26(37)32-25)11-19-7-9-21(31)10-8-19/h7-10,12,18,22H,11,13-17H2,1-6H3,(H,32,37)/t18-,22+/m1/s1. The topological polar surface area (TPSA) is 86.0 Å². The van der Waals surface area contributed by atoms with Crippen molar-refractivity contribution >= 4 is 29.3 Å². The van der Waals surface area contributed by atoms with Crippen molar-refractivity contribution in [3.8, 4) is 0 Å². The largest absolute Gasteiger partial charge is 0.444 e. The van der Waals surface area contributed by atoms with Gasteiger partial charge in [0.05, 0.1) is 12.2 Å². The molecule has 212 valence electrons. The molecule has 1 saturated heterocycles. The number of fused-ring (bicyclic) bond motifs is 1. The van der Waals surface area contributed by atoms with Crippen LogP contribution in [0.2, 0.25) is 0 Å². The monoisotopic (exact) mass is 560 g/mol. The van der Waals surface area contributed by atoms with Crippen molar-refractivity contribution in [1.29, 1.82) is 0 Å². The summed E-state index contributed by atoms with van der Waals surface area (Å²) in [5, 5.41) is 0. The molecule has 0 bridgehead atoms. The zero-order valence-electron chi connectivity index (χ0n) is 23.5. The second-order valence-electron chi connectivity index (χ2n) is 12.3. The van der Waals surface area contributed by atoms with Gasteiger partial charge in [-0.2, -0.15) is 0 Å². The minimum atomic E-state index is -0.604. The minimum absolute atomic E-state index is 0.102. The Morgan fingerprint density at radius 1 is 1.18 bits per heavy atom. The number of alkyl halides is 1. The molecule has 1 aromatic heterocycles. The number of ether oxygens (including phenoxy) is 1. The van der Waals surface area contributed by atoms with Gasteiger partial charge < -0.3 is 19.5 Å². The quantitative estimate of drug-likeness (QED) is 0.552. The first kappa shape index (κ1) is 29.1. The molecule has 2 aliphatic heterocycles. The van der Waals surface area contributed by atoms with Crippen molar-refractivity contribution in [1.82, 2.24) is 14.8 Å². The van der Waals surface area contributed by atoms with Crippen molar-refractivity contribution in [2.24, 2.45) is 0 Å². The molecule has 39 heavy (non-hydrogen) atoms. The van der Waals surface area contributed by atoms with E-state index in [1.54, 1.807) is 28.0 Å². The van der Waals surface area contributed by atoms with E-state index in [0.717, 1.165) is 11.3 Å². The Labute approximate surface area is 234 Å². The molecule has 1 fully saturated rings. The predicted octanol–water partition coefficient (Wildman–Crippen LogP) is 4.28. The fraction of sp³-hybridized carbons (Fsp3) is 0.552. The number of carbonyl (C=O) groups is 2. The predicted molar refractivity (Wildman–Crippen MR) is 150 cm³/mol. The molecular weight excluding hydrogens is 523 g/mol. The van der Waals surface area contributed by atoms with Gasteiger partial charge in [0.25, 0.3) is 5.56 Å². The van der Waals surface area contributed by atoms with Gasteiger partial charge in [-0.15, -0.1) is 11.6 Å². The van der Waals surface area contributed by atoms with E-state index >= 15 is 0 Å². The van der Waals surface area contributed by atoms with E-state index in [9.17, 15) is 18.8 Å². The molecular formula is C29H38ClFN4O4. The third kappa shape index (κ3) is 6.47. The first-order valence-corrected chi connectivity index (χ1v) is 13.8. The van der Waals surface area contributed by atoms with E-state index in [0.29, 0.717) is 37.3 Å². The number of hydrogen-bond acceptors (Lipinski definition) is 5. The Balaban J connectivity index is 1.53. The van der Waals surface area contributed by atoms with Gasteiger partial charge in [0.1, 0.15) is 11.4 Å². The molecule has 0 unspecified atom stereocenters. The highest BCUT2D eigenvalue weighted by molar-refractivity contribution is 6.18. The maximum absolute atomic E-state index is 13.7. The number of benzene rings is 1. The average Bonchev–Trinajstić information content (AvgIpc) is 3.09. The summed E-state index contributed by atoms with van der Waals surface area (Å²) in [6, 6.07) is 7.46. The van der Waals surface area contributed by atoms with E-state index in [1.807, 2.05) is 46.4 Å². The Hall–Kier alpha value is -2.91. The summed E-state index contributed by atoms with van der Waals surface area (Å²) in [7, 11) is 0. The van der Waals surface area contributed by atoms with Crippen LogP contribution in [-0.4, -0.2) is 76.5 Å². The summed E-state index contributed by atoms with van der Waals surface area (Å²) >= 11 is 6.31. The molecule has 0 aliphatic carbocycles. The van der Waals surface area contributed by atoms with Crippen LogP contribution in [-0.2, 0) is 21.4 Å². The highest BCUT2D eigenvalue weighted by atomic mass is 35.5. The van der Waals surface area contributed by atoms with E-state index < -0.39 is 11.0 Å². The Morgan fingerprint density at radius 3 is 2.46 bits per heavy atom. The lowest BCUT2D eigenvalue weighted by atomic mass is 9.91. The van der Waals surface area contributed by atoms with Crippen LogP contribution < -0.4 is 10.5 Å². The molecule has 1 N–H and O–H groups in total. The lowest BCUT2D eigenvalue weighted by Gasteiger charge is -2.44. The van der Waals surface area contributed by atoms with Crippen LogP contribution in [0.4, 0.5) is 14.9 Å². The van der Waals surface area contributed by atoms with Crippen molar-refractivity contribution in [2.75, 3.05) is 37.0 Å². The fourth-order valence-electron chi connectivity index (χ4n) is 5.31. The molecule has 0 radical (unpaired) electrons. The van der Waals surface area contributed by atoms with Crippen LogP contribution in [0.1, 0.15) is 58.4 Å². The van der Waals surface area contributed by atoms with Gasteiger partial charge in [0.2, 0.25) is 5.91 Å². The highest BCUT2D eigenvalue weighted by Crippen LogP contribution is 2.39. The van der Waals surface area contributed by atoms with Gasteiger partial charge in [0, 0.05) is 60.7 Å². The normalized spacial score (nSPS) is 21.1. The SMILES string of the molecule is C[C@@H]1CN(CC(=O)N2CC(C)(C)c3[nH]c(=O)c(Cc4ccc(F)cc4)cc32)[C@@H](CCl)CN1C(=O)OC(C)(C)C. The number of rotatable bonds is 5. The zero-order chi connectivity index (χ0) is 28.7. The second-order valence-corrected chi connectivity index (χ2v) is 12.6. The van der Waals surface area contributed by atoms with Crippen molar-refractivity contribution in [3.05, 3.63) is 63.3 Å². The van der Waals surface area contributed by atoms with Gasteiger partial charge >= 0.3 is 6.09 Å². The number of piperazine rings is 1. The molecule has 2 amide bonds. The third-order valence-electron chi connectivity index (χ3n) is 7.33. The number of H-pyrrole nitrogens is 1. The molecule has 3 heterocycles. The maximum Gasteiger partial charge on any atom is 0.410 e. The Bertz CT molecular complexity index is 1290. The molecule has 10 heteroatoms. The lowest BCUT2D eigenvalue weighted by Crippen LogP contribution is -2.61. The number of carbonyl (C=O) groups excluding carboxylic acids is 2. The van der Waals surface area contributed by atoms with E-state index in [-0.39, 0.29) is 47.9 Å². The van der Waals surface area contributed by atoms with Crippen molar-refractivity contribution in [3.63, 3.8) is 0 Å². The van der Waals surface area contributed by atoms with Crippen LogP contribution >= 0.6 is 11.6 Å². The zero-order valence-corrected chi connectivity index (χ0v) is 24.3. The number of aromatic amines is 1. The number of aromatic nitrogens is 1. The van der Waals surface area contributed by atoms with Crippen molar-refractivity contribution in [2.45, 2.75) is 71.1 Å². The number of halogens is 2. The molecule has 0 saturated carbocycles. The Morgan fingerprint density at radius 2 is 1.85 bits per heavy atom. The number of nitrogens with one attached hydrogen (secondary N) is 1. The fourth-order valence-corrected chi connectivity index (χ4v) is 5.60. The van der Waals surface area contributed by atoms with Gasteiger partial charge in [-0.3, -0.25) is 14.5 Å². The van der Waals surface area contributed by atoms with E-state index in [1.165, 1.54) is 12.1 Å². The third-order valence-corrected chi connectivity index (χ3v) is 7.68. The number of amides is 2. The van der Waals surface area contributed by atoms with Crippen LogP contribution in [0.5, 0.6) is 0 Å². The summed E-state index contributed by atoms with van der Waals surface area (Å²) in [6.45, 7) is 12.8. The first-order chi connectivity index (χ1) is 18.2. The molecule has 2 aromatic rings. The number of nitrogens with zero attached hydrogens (tertiary/aromatic N) is 3. The summed E-state index contributed by atoms with van der Waals surface area (Å²) in [4.78, 5) is 47.9. The Kier molecular flexibility index (Phi) is 8.15. The molecule has 4 rings (SSSR count). The van der Waals surface area contributed by atoms with Gasteiger partial charge in [-0.1, -0.05) is 26.0 Å². The maximum atomic E-state index is 13.7. The first-order valence-electron chi connectivity index (χ1n) is 13.3. The summed E-state index contributed by atoms with van der Waals surface area (Å²) in [6.07, 6.45) is -0.0620. The smallest absolute Gasteiger partial charge is 0.410 e. The second kappa shape index (κ2) is 10.9. The lowest BCUT2D eigenvalue weighted by molar-refractivity contribution is -0.121. The summed E-state index contributed by atoms with van der Waals surface area (Å²) in [5.41, 5.74) is 1.47. The van der Waals surface area contributed by atoms with Crippen molar-refractivity contribution < 1.29 is 18.7 Å². The summed E-state index contributed by atoms with van der Waals surface area (Å²) < 4.78 is 18.9. The van der Waals surface area contributed by atoms with Crippen LogP contribution in [0.15, 0.2) is 35.1 Å². The number of anilines is 1. The van der Waals surface area contributed by atoms with E-state index in [2.05, 4.69) is 4.98 Å². The highest BCUT2D eigenvalue weighted by Gasteiger charge is 2.42. The number of hydrogen-bond donors (Lipinski definition) is 1. The van der Waals surface area contributed by atoms with E-state index in [4.69, 9.17) is 16.3 Å². The van der Waals surface area contributed by atoms with Crippen LogP contribution in [0.3, 0.4) is 0 Å². The molecule has 2 atom stereocenters. The number of pyridine rings is 1. The molecule has 8 nitrogen and oxygen atoms in total. The molecule has 0 spiro atoms. The molecule has 2 aliphatic rings. The molecule has 1 aromatic carbocycles. The van der Waals surface area contributed by atoms with Gasteiger partial charge in [-0.05, 0) is 51.5 Å². The van der Waals surface area contributed by atoms with Crippen LogP contribution in [0, 0.1) is 5.82 Å².